The van der Waals surface area contributed by atoms with Gasteiger partial charge in [-0.3, -0.25) is 0 Å². The number of aryl methyl sites for hydroxylation is 2. The fourth-order valence-corrected chi connectivity index (χ4v) is 2.20. The molecule has 0 saturated heterocycles. The molecule has 0 radical (unpaired) electrons. The molecule has 0 fully saturated rings. The molecule has 0 aliphatic heterocycles. The van der Waals surface area contributed by atoms with E-state index >= 15 is 0 Å². The lowest BCUT2D eigenvalue weighted by Gasteiger charge is -2.10. The molecule has 0 atom stereocenters. The summed E-state index contributed by atoms with van der Waals surface area (Å²) < 4.78 is 6.89. The van der Waals surface area contributed by atoms with E-state index < -0.39 is 0 Å². The zero-order valence-electron chi connectivity index (χ0n) is 10.0. The van der Waals surface area contributed by atoms with E-state index in [2.05, 4.69) is 54.0 Å². The number of rotatable bonds is 3. The van der Waals surface area contributed by atoms with Gasteiger partial charge in [0.2, 0.25) is 0 Å². The third kappa shape index (κ3) is 3.34. The minimum Gasteiger partial charge on any atom is -0.489 e. The van der Waals surface area contributed by atoms with Gasteiger partial charge >= 0.3 is 0 Å². The Kier molecular flexibility index (Phi) is 3.85. The average Bonchev–Trinajstić information content (AvgIpc) is 2.28. The van der Waals surface area contributed by atoms with Crippen molar-refractivity contribution in [1.29, 1.82) is 0 Å². The van der Waals surface area contributed by atoms with Crippen LogP contribution < -0.4 is 4.74 Å². The second-order valence-electron chi connectivity index (χ2n) is 4.19. The summed E-state index contributed by atoms with van der Waals surface area (Å²) in [4.78, 5) is 0. The maximum atomic E-state index is 5.81. The lowest BCUT2D eigenvalue weighted by atomic mass is 10.1. The molecule has 0 unspecified atom stereocenters. The van der Waals surface area contributed by atoms with Crippen LogP contribution in [0.1, 0.15) is 16.7 Å². The quantitative estimate of drug-likeness (QED) is 0.800. The second kappa shape index (κ2) is 5.37. The van der Waals surface area contributed by atoms with Crippen molar-refractivity contribution in [2.75, 3.05) is 0 Å². The molecule has 0 bridgehead atoms. The SMILES string of the molecule is Cc1ccc(OCc2cccc(Br)c2)c(C)c1. The summed E-state index contributed by atoms with van der Waals surface area (Å²) in [6, 6.07) is 14.4. The molecular formula is C15H15BrO. The summed E-state index contributed by atoms with van der Waals surface area (Å²) in [7, 11) is 0. The van der Waals surface area contributed by atoms with Gasteiger partial charge in [-0.05, 0) is 43.2 Å². The van der Waals surface area contributed by atoms with E-state index in [0.29, 0.717) is 6.61 Å². The zero-order valence-corrected chi connectivity index (χ0v) is 11.6. The summed E-state index contributed by atoms with van der Waals surface area (Å²) in [6.45, 7) is 4.76. The minimum atomic E-state index is 0.601. The predicted molar refractivity (Wildman–Crippen MR) is 74.4 cm³/mol. The van der Waals surface area contributed by atoms with Gasteiger partial charge in [-0.25, -0.2) is 0 Å². The molecule has 0 spiro atoms. The first-order valence-electron chi connectivity index (χ1n) is 5.59. The smallest absolute Gasteiger partial charge is 0.122 e. The molecule has 2 aromatic carbocycles. The van der Waals surface area contributed by atoms with Crippen LogP contribution in [0.4, 0.5) is 0 Å². The fraction of sp³-hybridized carbons (Fsp3) is 0.200. The van der Waals surface area contributed by atoms with Crippen molar-refractivity contribution in [2.24, 2.45) is 0 Å². The number of hydrogen-bond donors (Lipinski definition) is 0. The first kappa shape index (κ1) is 12.2. The van der Waals surface area contributed by atoms with Crippen molar-refractivity contribution in [3.8, 4) is 5.75 Å². The van der Waals surface area contributed by atoms with Crippen LogP contribution in [0.25, 0.3) is 0 Å². The highest BCUT2D eigenvalue weighted by atomic mass is 79.9. The molecule has 0 N–H and O–H groups in total. The van der Waals surface area contributed by atoms with Crippen molar-refractivity contribution in [2.45, 2.75) is 20.5 Å². The van der Waals surface area contributed by atoms with Crippen LogP contribution >= 0.6 is 15.9 Å². The molecule has 0 amide bonds. The van der Waals surface area contributed by atoms with Gasteiger partial charge in [0.25, 0.3) is 0 Å². The molecule has 88 valence electrons. The van der Waals surface area contributed by atoms with E-state index in [1.165, 1.54) is 16.7 Å². The molecule has 0 aliphatic rings. The highest BCUT2D eigenvalue weighted by Gasteiger charge is 2.00. The first-order valence-corrected chi connectivity index (χ1v) is 6.39. The van der Waals surface area contributed by atoms with Crippen molar-refractivity contribution in [3.63, 3.8) is 0 Å². The average molecular weight is 291 g/mol. The Hall–Kier alpha value is -1.28. The molecule has 0 aliphatic carbocycles. The van der Waals surface area contributed by atoms with Crippen molar-refractivity contribution in [3.05, 3.63) is 63.6 Å². The van der Waals surface area contributed by atoms with Crippen molar-refractivity contribution >= 4 is 15.9 Å². The Morgan fingerprint density at radius 2 is 1.88 bits per heavy atom. The summed E-state index contributed by atoms with van der Waals surface area (Å²) in [5.74, 6) is 0.954. The summed E-state index contributed by atoms with van der Waals surface area (Å²) in [6.07, 6.45) is 0. The van der Waals surface area contributed by atoms with Crippen LogP contribution in [-0.2, 0) is 6.61 Å². The van der Waals surface area contributed by atoms with Gasteiger partial charge in [-0.2, -0.15) is 0 Å². The number of halogens is 1. The third-order valence-corrected chi connectivity index (χ3v) is 3.11. The minimum absolute atomic E-state index is 0.601. The highest BCUT2D eigenvalue weighted by molar-refractivity contribution is 9.10. The Bertz CT molecular complexity index is 520. The Morgan fingerprint density at radius 3 is 2.59 bits per heavy atom. The van der Waals surface area contributed by atoms with Gasteiger partial charge in [0, 0.05) is 4.47 Å². The fourth-order valence-electron chi connectivity index (χ4n) is 1.75. The highest BCUT2D eigenvalue weighted by Crippen LogP contribution is 2.20. The summed E-state index contributed by atoms with van der Waals surface area (Å²) in [5, 5.41) is 0. The van der Waals surface area contributed by atoms with E-state index in [-0.39, 0.29) is 0 Å². The molecule has 0 saturated carbocycles. The molecule has 1 nitrogen and oxygen atoms in total. The van der Waals surface area contributed by atoms with Crippen LogP contribution in [0.3, 0.4) is 0 Å². The van der Waals surface area contributed by atoms with Gasteiger partial charge in [0.05, 0.1) is 0 Å². The number of ether oxygens (including phenoxy) is 1. The van der Waals surface area contributed by atoms with Gasteiger partial charge in [-0.15, -0.1) is 0 Å². The van der Waals surface area contributed by atoms with Crippen LogP contribution in [0.5, 0.6) is 5.75 Å². The summed E-state index contributed by atoms with van der Waals surface area (Å²) >= 11 is 3.46. The molecule has 17 heavy (non-hydrogen) atoms. The van der Waals surface area contributed by atoms with Crippen LogP contribution in [0, 0.1) is 13.8 Å². The largest absolute Gasteiger partial charge is 0.489 e. The summed E-state index contributed by atoms with van der Waals surface area (Å²) in [5.41, 5.74) is 3.61. The Labute approximate surface area is 111 Å². The lowest BCUT2D eigenvalue weighted by molar-refractivity contribution is 0.304. The maximum absolute atomic E-state index is 5.81. The van der Waals surface area contributed by atoms with Gasteiger partial charge < -0.3 is 4.74 Å². The van der Waals surface area contributed by atoms with Crippen molar-refractivity contribution in [1.82, 2.24) is 0 Å². The van der Waals surface area contributed by atoms with E-state index in [1.54, 1.807) is 0 Å². The molecule has 2 rings (SSSR count). The standard InChI is InChI=1S/C15H15BrO/c1-11-6-7-15(12(2)8-11)17-10-13-4-3-5-14(16)9-13/h3-9H,10H2,1-2H3. The number of benzene rings is 2. The van der Waals surface area contributed by atoms with Gasteiger partial charge in [-0.1, -0.05) is 45.8 Å². The topological polar surface area (TPSA) is 9.23 Å². The predicted octanol–water partition coefficient (Wildman–Crippen LogP) is 4.64. The van der Waals surface area contributed by atoms with Gasteiger partial charge in [0.1, 0.15) is 12.4 Å². The lowest BCUT2D eigenvalue weighted by Crippen LogP contribution is -1.97. The number of hydrogen-bond acceptors (Lipinski definition) is 1. The van der Waals surface area contributed by atoms with E-state index in [1.807, 2.05) is 18.2 Å². The zero-order chi connectivity index (χ0) is 12.3. The monoisotopic (exact) mass is 290 g/mol. The first-order chi connectivity index (χ1) is 8.15. The molecule has 0 aromatic heterocycles. The molecule has 2 aromatic rings. The van der Waals surface area contributed by atoms with Crippen LogP contribution in [-0.4, -0.2) is 0 Å². The normalized spacial score (nSPS) is 10.3. The maximum Gasteiger partial charge on any atom is 0.122 e. The van der Waals surface area contributed by atoms with E-state index in [9.17, 15) is 0 Å². The van der Waals surface area contributed by atoms with E-state index in [4.69, 9.17) is 4.74 Å². The molecular weight excluding hydrogens is 276 g/mol. The van der Waals surface area contributed by atoms with Crippen LogP contribution in [0.2, 0.25) is 0 Å². The van der Waals surface area contributed by atoms with Crippen LogP contribution in [0.15, 0.2) is 46.9 Å². The Morgan fingerprint density at radius 1 is 1.06 bits per heavy atom. The molecule has 0 heterocycles. The van der Waals surface area contributed by atoms with Gasteiger partial charge in [0.15, 0.2) is 0 Å². The molecule has 2 heteroatoms. The van der Waals surface area contributed by atoms with Crippen molar-refractivity contribution < 1.29 is 4.74 Å². The Balaban J connectivity index is 2.07. The second-order valence-corrected chi connectivity index (χ2v) is 5.10. The van der Waals surface area contributed by atoms with E-state index in [0.717, 1.165) is 10.2 Å². The third-order valence-electron chi connectivity index (χ3n) is 2.61.